The Hall–Kier alpha value is -3.47. The Labute approximate surface area is 175 Å². The lowest BCUT2D eigenvalue weighted by atomic mass is 9.76. The van der Waals surface area contributed by atoms with E-state index < -0.39 is 5.60 Å². The minimum Gasteiger partial charge on any atom is -0.497 e. The van der Waals surface area contributed by atoms with E-state index in [4.69, 9.17) is 14.2 Å². The topological polar surface area (TPSA) is 48.0 Å². The molecule has 30 heavy (non-hydrogen) atoms. The lowest BCUT2D eigenvalue weighted by Crippen LogP contribution is -2.36. The summed E-state index contributed by atoms with van der Waals surface area (Å²) < 4.78 is 18.1. The quantitative estimate of drug-likeness (QED) is 0.569. The van der Waals surface area contributed by atoms with Crippen LogP contribution in [0.5, 0.6) is 17.2 Å². The first kappa shape index (κ1) is 18.6. The van der Waals surface area contributed by atoms with Crippen LogP contribution in [-0.4, -0.2) is 26.2 Å². The average Bonchev–Trinajstić information content (AvgIpc) is 3.08. The third-order valence-corrected chi connectivity index (χ3v) is 6.02. The summed E-state index contributed by atoms with van der Waals surface area (Å²) in [6, 6.07) is 19.2. The van der Waals surface area contributed by atoms with Crippen molar-refractivity contribution in [2.45, 2.75) is 19.4 Å². The minimum atomic E-state index is -1.09. The lowest BCUT2D eigenvalue weighted by molar-refractivity contribution is 0.0225. The summed E-state index contributed by atoms with van der Waals surface area (Å²) in [5.41, 5.74) is 2.93. The van der Waals surface area contributed by atoms with Crippen LogP contribution in [0.25, 0.3) is 0 Å². The maximum absolute atomic E-state index is 13.0. The van der Waals surface area contributed by atoms with Gasteiger partial charge in [-0.25, -0.2) is 4.79 Å². The molecule has 5 rings (SSSR count). The molecule has 0 radical (unpaired) electrons. The van der Waals surface area contributed by atoms with Crippen molar-refractivity contribution >= 4 is 11.7 Å². The zero-order valence-corrected chi connectivity index (χ0v) is 17.3. The van der Waals surface area contributed by atoms with Gasteiger partial charge in [0.25, 0.3) is 0 Å². The Kier molecular flexibility index (Phi) is 4.21. The fourth-order valence-corrected chi connectivity index (χ4v) is 4.64. The molecule has 152 valence electrons. The molecule has 0 bridgehead atoms. The Morgan fingerprint density at radius 1 is 0.933 bits per heavy atom. The molecule has 1 spiro atoms. The van der Waals surface area contributed by atoms with Crippen molar-refractivity contribution in [3.63, 3.8) is 0 Å². The van der Waals surface area contributed by atoms with Gasteiger partial charge in [-0.1, -0.05) is 24.3 Å². The second kappa shape index (κ2) is 6.80. The molecule has 0 aliphatic carbocycles. The van der Waals surface area contributed by atoms with Gasteiger partial charge >= 0.3 is 5.97 Å². The predicted octanol–water partition coefficient (Wildman–Crippen LogP) is 5.11. The summed E-state index contributed by atoms with van der Waals surface area (Å²) in [4.78, 5) is 15.3. The van der Waals surface area contributed by atoms with Crippen molar-refractivity contribution in [1.82, 2.24) is 0 Å². The third kappa shape index (κ3) is 2.38. The molecule has 5 nitrogen and oxygen atoms in total. The molecule has 0 fully saturated rings. The molecule has 1 atom stereocenters. The summed E-state index contributed by atoms with van der Waals surface area (Å²) in [7, 11) is 1.63. The van der Waals surface area contributed by atoms with Crippen LogP contribution in [0.15, 0.2) is 60.7 Å². The summed E-state index contributed by atoms with van der Waals surface area (Å²) in [6.07, 6.45) is 0. The number of benzene rings is 3. The molecule has 2 aliphatic rings. The van der Waals surface area contributed by atoms with E-state index in [1.807, 2.05) is 54.6 Å². The number of nitrogens with zero attached hydrogens (tertiary/aromatic N) is 1. The molecule has 1 unspecified atom stereocenters. The average molecular weight is 401 g/mol. The first-order chi connectivity index (χ1) is 14.6. The first-order valence-corrected chi connectivity index (χ1v) is 10.2. The highest BCUT2D eigenvalue weighted by atomic mass is 16.6. The van der Waals surface area contributed by atoms with Gasteiger partial charge in [0.15, 0.2) is 5.60 Å². The van der Waals surface area contributed by atoms with Gasteiger partial charge in [-0.15, -0.1) is 0 Å². The smallest absolute Gasteiger partial charge is 0.340 e. The number of fused-ring (bicyclic) bond motifs is 6. The standard InChI is InChI=1S/C25H23NO4/c1-4-26(5-2)20-11-8-12-22-23(20)25(18-10-7-6-9-17(18)24(27)30-25)19-15-16(28-3)13-14-21(19)29-22/h6-15H,4-5H2,1-3H3. The largest absolute Gasteiger partial charge is 0.497 e. The van der Waals surface area contributed by atoms with Crippen LogP contribution in [0, 0.1) is 0 Å². The molecular formula is C25H23NO4. The van der Waals surface area contributed by atoms with E-state index in [1.54, 1.807) is 7.11 Å². The van der Waals surface area contributed by atoms with Crippen LogP contribution in [0.1, 0.15) is 40.9 Å². The molecule has 0 aromatic heterocycles. The van der Waals surface area contributed by atoms with E-state index in [1.165, 1.54) is 0 Å². The van der Waals surface area contributed by atoms with Crippen LogP contribution in [0.3, 0.4) is 0 Å². The van der Waals surface area contributed by atoms with E-state index >= 15 is 0 Å². The molecule has 3 aromatic carbocycles. The van der Waals surface area contributed by atoms with Gasteiger partial charge in [0.05, 0.1) is 23.8 Å². The van der Waals surface area contributed by atoms with Crippen LogP contribution >= 0.6 is 0 Å². The number of carbonyl (C=O) groups is 1. The number of methoxy groups -OCH3 is 1. The molecule has 0 saturated carbocycles. The van der Waals surface area contributed by atoms with Gasteiger partial charge in [-0.3, -0.25) is 0 Å². The Morgan fingerprint density at radius 3 is 2.50 bits per heavy atom. The van der Waals surface area contributed by atoms with Crippen LogP contribution in [0.4, 0.5) is 5.69 Å². The second-order valence-corrected chi connectivity index (χ2v) is 7.40. The van der Waals surface area contributed by atoms with Crippen molar-refractivity contribution < 1.29 is 19.0 Å². The maximum atomic E-state index is 13.0. The van der Waals surface area contributed by atoms with Crippen molar-refractivity contribution in [3.8, 4) is 17.2 Å². The number of ether oxygens (including phenoxy) is 3. The summed E-state index contributed by atoms with van der Waals surface area (Å²) in [5, 5.41) is 0. The normalized spacial score (nSPS) is 18.2. The first-order valence-electron chi connectivity index (χ1n) is 10.2. The number of hydrogen-bond donors (Lipinski definition) is 0. The van der Waals surface area contributed by atoms with E-state index in [0.717, 1.165) is 35.5 Å². The third-order valence-electron chi connectivity index (χ3n) is 6.02. The van der Waals surface area contributed by atoms with E-state index in [2.05, 4.69) is 24.8 Å². The Bertz CT molecular complexity index is 1150. The lowest BCUT2D eigenvalue weighted by Gasteiger charge is -2.39. The molecule has 2 aliphatic heterocycles. The molecule has 5 heteroatoms. The van der Waals surface area contributed by atoms with Crippen molar-refractivity contribution in [3.05, 3.63) is 82.9 Å². The molecule has 0 saturated heterocycles. The van der Waals surface area contributed by atoms with Gasteiger partial charge in [0, 0.05) is 24.3 Å². The van der Waals surface area contributed by atoms with E-state index in [0.29, 0.717) is 22.8 Å². The van der Waals surface area contributed by atoms with Crippen LogP contribution < -0.4 is 14.4 Å². The van der Waals surface area contributed by atoms with Crippen LogP contribution in [0.2, 0.25) is 0 Å². The molecule has 0 amide bonds. The number of hydrogen-bond acceptors (Lipinski definition) is 5. The van der Waals surface area contributed by atoms with Gasteiger partial charge in [-0.2, -0.15) is 0 Å². The zero-order valence-electron chi connectivity index (χ0n) is 17.3. The highest BCUT2D eigenvalue weighted by molar-refractivity contribution is 5.97. The fourth-order valence-electron chi connectivity index (χ4n) is 4.64. The number of anilines is 1. The highest BCUT2D eigenvalue weighted by Crippen LogP contribution is 2.58. The van der Waals surface area contributed by atoms with Gasteiger partial charge in [0.1, 0.15) is 17.2 Å². The molecule has 3 aromatic rings. The van der Waals surface area contributed by atoms with Gasteiger partial charge in [0.2, 0.25) is 0 Å². The van der Waals surface area contributed by atoms with Gasteiger partial charge in [-0.05, 0) is 50.2 Å². The molecule has 0 N–H and O–H groups in total. The van der Waals surface area contributed by atoms with E-state index in [-0.39, 0.29) is 5.97 Å². The summed E-state index contributed by atoms with van der Waals surface area (Å²) in [6.45, 7) is 5.88. The van der Waals surface area contributed by atoms with Crippen molar-refractivity contribution in [1.29, 1.82) is 0 Å². The van der Waals surface area contributed by atoms with Crippen LogP contribution in [-0.2, 0) is 10.3 Å². The molecular weight excluding hydrogens is 378 g/mol. The minimum absolute atomic E-state index is 0.332. The summed E-state index contributed by atoms with van der Waals surface area (Å²) in [5.74, 6) is 1.70. The SMILES string of the molecule is CCN(CC)c1cccc2c1C1(OC(=O)c3ccccc31)c1cc(OC)ccc1O2. The Balaban J connectivity index is 1.91. The highest BCUT2D eigenvalue weighted by Gasteiger charge is 2.55. The second-order valence-electron chi connectivity index (χ2n) is 7.40. The fraction of sp³-hybridized carbons (Fsp3) is 0.240. The molecule has 2 heterocycles. The van der Waals surface area contributed by atoms with Gasteiger partial charge < -0.3 is 19.1 Å². The number of esters is 1. The summed E-state index contributed by atoms with van der Waals surface area (Å²) >= 11 is 0. The van der Waals surface area contributed by atoms with E-state index in [9.17, 15) is 4.79 Å². The Morgan fingerprint density at radius 2 is 1.73 bits per heavy atom. The number of carbonyl (C=O) groups excluding carboxylic acids is 1. The maximum Gasteiger partial charge on any atom is 0.340 e. The number of rotatable bonds is 4. The van der Waals surface area contributed by atoms with Crippen molar-refractivity contribution in [2.24, 2.45) is 0 Å². The zero-order chi connectivity index (χ0) is 20.9. The van der Waals surface area contributed by atoms with Crippen molar-refractivity contribution in [2.75, 3.05) is 25.1 Å². The monoisotopic (exact) mass is 401 g/mol. The predicted molar refractivity (Wildman–Crippen MR) is 115 cm³/mol.